The lowest BCUT2D eigenvalue weighted by atomic mass is 10.0. The first-order valence-electron chi connectivity index (χ1n) is 10.5. The van der Waals surface area contributed by atoms with Crippen molar-refractivity contribution in [2.75, 3.05) is 6.26 Å². The van der Waals surface area contributed by atoms with Gasteiger partial charge >= 0.3 is 0 Å². The SMILES string of the molecule is CS(=O)(=O)c1cccc(Cn2c3cc(-c4ccc(Cl)cc4)c[c]c3c3c(C(N)=O)cccc32)c1. The lowest BCUT2D eigenvalue weighted by molar-refractivity contribution is 0.100. The second-order valence-corrected chi connectivity index (χ2v) is 10.7. The van der Waals surface area contributed by atoms with Crippen molar-refractivity contribution < 1.29 is 13.2 Å². The fraction of sp³-hybridized carbons (Fsp3) is 0.0741. The Bertz CT molecular complexity index is 1690. The number of hydrogen-bond donors (Lipinski definition) is 1. The van der Waals surface area contributed by atoms with E-state index < -0.39 is 15.7 Å². The minimum Gasteiger partial charge on any atom is -0.366 e. The molecule has 34 heavy (non-hydrogen) atoms. The largest absolute Gasteiger partial charge is 0.366 e. The first-order valence-corrected chi connectivity index (χ1v) is 12.8. The van der Waals surface area contributed by atoms with Gasteiger partial charge in [-0.1, -0.05) is 41.9 Å². The van der Waals surface area contributed by atoms with E-state index in [1.807, 2.05) is 48.5 Å². The van der Waals surface area contributed by atoms with Crippen LogP contribution in [0.1, 0.15) is 15.9 Å². The number of benzene rings is 4. The Kier molecular flexibility index (Phi) is 5.42. The number of halogens is 1. The van der Waals surface area contributed by atoms with Crippen LogP contribution >= 0.6 is 11.6 Å². The number of fused-ring (bicyclic) bond motifs is 3. The molecule has 1 aromatic heterocycles. The average Bonchev–Trinajstić information content (AvgIpc) is 3.12. The van der Waals surface area contributed by atoms with Crippen LogP contribution in [0.2, 0.25) is 5.02 Å². The molecule has 0 atom stereocenters. The van der Waals surface area contributed by atoms with Crippen molar-refractivity contribution in [2.24, 2.45) is 5.73 Å². The highest BCUT2D eigenvalue weighted by molar-refractivity contribution is 7.90. The van der Waals surface area contributed by atoms with E-state index >= 15 is 0 Å². The van der Waals surface area contributed by atoms with Crippen LogP contribution in [-0.2, 0) is 16.4 Å². The van der Waals surface area contributed by atoms with Gasteiger partial charge in [-0.2, -0.15) is 0 Å². The highest BCUT2D eigenvalue weighted by Crippen LogP contribution is 2.35. The molecule has 5 nitrogen and oxygen atoms in total. The molecule has 0 fully saturated rings. The first kappa shape index (κ1) is 22.2. The summed E-state index contributed by atoms with van der Waals surface area (Å²) in [5, 5.41) is 2.16. The number of carbonyl (C=O) groups is 1. The van der Waals surface area contributed by atoms with Gasteiger partial charge < -0.3 is 10.3 Å². The molecule has 1 heterocycles. The van der Waals surface area contributed by atoms with Crippen molar-refractivity contribution in [2.45, 2.75) is 11.4 Å². The molecule has 0 unspecified atom stereocenters. The number of hydrogen-bond acceptors (Lipinski definition) is 3. The van der Waals surface area contributed by atoms with Crippen molar-refractivity contribution in [3.05, 3.63) is 101 Å². The average molecular weight is 488 g/mol. The van der Waals surface area contributed by atoms with Gasteiger partial charge in [-0.3, -0.25) is 4.79 Å². The summed E-state index contributed by atoms with van der Waals surface area (Å²) < 4.78 is 26.2. The zero-order valence-corrected chi connectivity index (χ0v) is 19.8. The minimum atomic E-state index is -3.34. The summed E-state index contributed by atoms with van der Waals surface area (Å²) in [6, 6.07) is 27.1. The van der Waals surface area contributed by atoms with Crippen molar-refractivity contribution in [3.8, 4) is 11.1 Å². The Morgan fingerprint density at radius 3 is 2.41 bits per heavy atom. The summed E-state index contributed by atoms with van der Waals surface area (Å²) in [4.78, 5) is 12.5. The van der Waals surface area contributed by atoms with Crippen molar-refractivity contribution in [3.63, 3.8) is 0 Å². The fourth-order valence-electron chi connectivity index (χ4n) is 4.30. The molecule has 0 bridgehead atoms. The maximum atomic E-state index is 12.2. The normalized spacial score (nSPS) is 11.8. The quantitative estimate of drug-likeness (QED) is 0.357. The third kappa shape index (κ3) is 3.95. The molecule has 169 valence electrons. The molecule has 0 aliphatic rings. The Labute approximate surface area is 202 Å². The summed E-state index contributed by atoms with van der Waals surface area (Å²) in [5.74, 6) is -0.515. The van der Waals surface area contributed by atoms with Crippen molar-refractivity contribution >= 4 is 49.2 Å². The summed E-state index contributed by atoms with van der Waals surface area (Å²) in [6.45, 7) is 0.406. The summed E-state index contributed by atoms with van der Waals surface area (Å²) in [7, 11) is -3.34. The number of sulfone groups is 1. The Hall–Kier alpha value is -3.61. The molecule has 4 aromatic carbocycles. The van der Waals surface area contributed by atoms with Gasteiger partial charge in [0, 0.05) is 34.2 Å². The van der Waals surface area contributed by atoms with Crippen LogP contribution in [0.25, 0.3) is 32.9 Å². The molecule has 0 saturated heterocycles. The van der Waals surface area contributed by atoms with Crippen LogP contribution in [-0.4, -0.2) is 25.1 Å². The van der Waals surface area contributed by atoms with E-state index in [9.17, 15) is 13.2 Å². The van der Waals surface area contributed by atoms with Crippen molar-refractivity contribution in [1.29, 1.82) is 0 Å². The van der Waals surface area contributed by atoms with Gasteiger partial charge in [-0.05, 0) is 71.3 Å². The molecule has 2 N–H and O–H groups in total. The van der Waals surface area contributed by atoms with E-state index in [0.717, 1.165) is 38.5 Å². The van der Waals surface area contributed by atoms with Crippen LogP contribution < -0.4 is 5.73 Å². The second-order valence-electron chi connectivity index (χ2n) is 8.23. The first-order chi connectivity index (χ1) is 16.2. The maximum absolute atomic E-state index is 12.2. The third-order valence-electron chi connectivity index (χ3n) is 5.90. The number of rotatable bonds is 5. The molecule has 1 amide bonds. The summed E-state index contributed by atoms with van der Waals surface area (Å²) in [6.07, 6.45) is 1.19. The predicted molar refractivity (Wildman–Crippen MR) is 136 cm³/mol. The van der Waals surface area contributed by atoms with Crippen molar-refractivity contribution in [1.82, 2.24) is 4.57 Å². The lowest BCUT2D eigenvalue weighted by Crippen LogP contribution is -2.11. The Morgan fingerprint density at radius 1 is 0.971 bits per heavy atom. The molecule has 1 radical (unpaired) electrons. The van der Waals surface area contributed by atoms with Crippen LogP contribution in [0.5, 0.6) is 0 Å². The maximum Gasteiger partial charge on any atom is 0.249 e. The fourth-order valence-corrected chi connectivity index (χ4v) is 5.11. The van der Waals surface area contributed by atoms with Crippen LogP contribution in [0.3, 0.4) is 0 Å². The second kappa shape index (κ2) is 8.31. The van der Waals surface area contributed by atoms with Crippen LogP contribution in [0, 0.1) is 6.07 Å². The van der Waals surface area contributed by atoms with Crippen LogP contribution in [0.15, 0.2) is 83.8 Å². The third-order valence-corrected chi connectivity index (χ3v) is 7.27. The number of amides is 1. The molecule has 5 aromatic rings. The molecule has 0 saturated carbocycles. The zero-order valence-electron chi connectivity index (χ0n) is 18.2. The monoisotopic (exact) mass is 487 g/mol. The van der Waals surface area contributed by atoms with Gasteiger partial charge in [0.15, 0.2) is 9.84 Å². The molecule has 7 heteroatoms. The standard InChI is InChI=1S/C27H20ClN2O3S/c1-34(32,33)21-5-2-4-17(14-21)16-30-24-7-3-6-23(27(29)31)26(24)22-13-10-19(15-25(22)30)18-8-11-20(28)12-9-18/h2-12,14-15H,16H2,1H3,(H2,29,31). The summed E-state index contributed by atoms with van der Waals surface area (Å²) >= 11 is 6.06. The topological polar surface area (TPSA) is 82.2 Å². The predicted octanol–water partition coefficient (Wildman–Crippen LogP) is 5.47. The number of carbonyl (C=O) groups excluding carboxylic acids is 1. The Balaban J connectivity index is 1.77. The van der Waals surface area contributed by atoms with E-state index in [0.29, 0.717) is 17.1 Å². The molecule has 0 aliphatic carbocycles. The van der Waals surface area contributed by atoms with E-state index in [4.69, 9.17) is 17.3 Å². The smallest absolute Gasteiger partial charge is 0.249 e. The Morgan fingerprint density at radius 2 is 1.71 bits per heavy atom. The summed E-state index contributed by atoms with van der Waals surface area (Å²) in [5.41, 5.74) is 10.5. The van der Waals surface area contributed by atoms with Crippen LogP contribution in [0.4, 0.5) is 0 Å². The molecular formula is C27H20ClN2O3S. The van der Waals surface area contributed by atoms with Gasteiger partial charge in [-0.25, -0.2) is 8.42 Å². The molecular weight excluding hydrogens is 468 g/mol. The molecule has 0 aliphatic heterocycles. The number of nitrogens with zero attached hydrogens (tertiary/aromatic N) is 1. The van der Waals surface area contributed by atoms with Gasteiger partial charge in [-0.15, -0.1) is 0 Å². The van der Waals surface area contributed by atoms with E-state index in [2.05, 4.69) is 10.6 Å². The van der Waals surface area contributed by atoms with Gasteiger partial charge in [0.05, 0.1) is 15.9 Å². The van der Waals surface area contributed by atoms with E-state index in [1.54, 1.807) is 30.3 Å². The molecule has 0 spiro atoms. The number of aromatic nitrogens is 1. The van der Waals surface area contributed by atoms with Gasteiger partial charge in [0.2, 0.25) is 5.91 Å². The zero-order chi connectivity index (χ0) is 24.0. The van der Waals surface area contributed by atoms with Gasteiger partial charge in [0.25, 0.3) is 0 Å². The highest BCUT2D eigenvalue weighted by Gasteiger charge is 2.18. The minimum absolute atomic E-state index is 0.261. The lowest BCUT2D eigenvalue weighted by Gasteiger charge is -2.10. The number of nitrogens with two attached hydrogens (primary N) is 1. The number of primary amides is 1. The van der Waals surface area contributed by atoms with E-state index in [-0.39, 0.29) is 4.90 Å². The molecule has 5 rings (SSSR count). The van der Waals surface area contributed by atoms with Gasteiger partial charge in [0.1, 0.15) is 0 Å². The highest BCUT2D eigenvalue weighted by atomic mass is 35.5. The van der Waals surface area contributed by atoms with E-state index in [1.165, 1.54) is 6.26 Å².